The molecule has 45 nitrogen and oxygen atoms in total. The number of nitrogens with one attached hydrogen (secondary N) is 4. The standard InChI is InChI=1S/C75H120N14O31S2/c1-52(90)77-60-63(94)66(97)73(49-115-69(60)118-73)46-109-33-30-106-27-24-103-21-18-100-15-12-87-37-55(81-84-87)40-112-43-72(80-58(93)9-5-4-8-36-121-122-59-10-6-7-11-76-59,44-113-41-56-38-88(85-82-56)13-16-101-19-22-104-25-28-107-31-34-110-47-74-50-116-70(119-74)61(78-53(2)91)64(95)67(74)98)45-114-42-57-39-89(86-83-57)14-17-102-20-23-105-26-29-108-32-35-111-48-75-51-117-71(120-75)62(79-54(3)92)65(96)68(75)99/h6-7,10-11,37-39,60-71,94-99H,4-5,8-9,12-36,40-51H2,1-3H3,(H,77,90)(H,78,91)(H,79,92)(H,80,93)/t60-,61-,62-,63-,64-,65-,66-,67-,68-,69+,70+,71+,73-,74-,75+/m1/s1. The Morgan fingerprint density at radius 3 is 1.09 bits per heavy atom. The summed E-state index contributed by atoms with van der Waals surface area (Å²) in [4.78, 5) is 53.3. The van der Waals surface area contributed by atoms with Gasteiger partial charge in [-0.1, -0.05) is 38.9 Å². The Labute approximate surface area is 713 Å². The predicted molar refractivity (Wildman–Crippen MR) is 420 cm³/mol. The third kappa shape index (κ3) is 31.5. The van der Waals surface area contributed by atoms with Crippen molar-refractivity contribution in [3.8, 4) is 0 Å². The average molecular weight is 1780 g/mol. The van der Waals surface area contributed by atoms with Crippen LogP contribution < -0.4 is 21.3 Å². The van der Waals surface area contributed by atoms with E-state index in [1.54, 1.807) is 60.4 Å². The van der Waals surface area contributed by atoms with Gasteiger partial charge in [-0.05, 0) is 35.8 Å². The normalized spacial score (nSPS) is 26.4. The van der Waals surface area contributed by atoms with Crippen molar-refractivity contribution in [2.45, 2.75) is 187 Å². The van der Waals surface area contributed by atoms with E-state index in [-0.39, 0.29) is 149 Å². The van der Waals surface area contributed by atoms with Gasteiger partial charge < -0.3 is 151 Å². The molecule has 6 fully saturated rings. The maximum absolute atomic E-state index is 14.2. The Morgan fingerprint density at radius 1 is 0.443 bits per heavy atom. The quantitative estimate of drug-likeness (QED) is 0.0148. The largest absolute Gasteiger partial charge is 0.388 e. The van der Waals surface area contributed by atoms with Gasteiger partial charge in [-0.25, -0.2) is 19.0 Å². The van der Waals surface area contributed by atoms with Crippen LogP contribution in [0.5, 0.6) is 0 Å². The second-order valence-electron chi connectivity index (χ2n) is 29.9. The average Bonchev–Trinajstić information content (AvgIpc) is 1.61. The lowest BCUT2D eigenvalue weighted by Gasteiger charge is -2.42. The number of unbranched alkanes of at least 4 members (excludes halogenated alkanes) is 2. The minimum Gasteiger partial charge on any atom is -0.388 e. The lowest BCUT2D eigenvalue weighted by molar-refractivity contribution is -0.238. The van der Waals surface area contributed by atoms with Gasteiger partial charge in [0.05, 0.1) is 256 Å². The van der Waals surface area contributed by atoms with Crippen LogP contribution in [0.4, 0.5) is 0 Å². The Hall–Kier alpha value is -5.93. The first-order chi connectivity index (χ1) is 59.3. The molecule has 6 saturated heterocycles. The number of amides is 4. The first-order valence-corrected chi connectivity index (χ1v) is 43.2. The number of fused-ring (bicyclic) bond motifs is 6. The molecule has 0 radical (unpaired) electrons. The number of nitrogens with zero attached hydrogens (tertiary/aromatic N) is 10. The van der Waals surface area contributed by atoms with E-state index in [9.17, 15) is 49.8 Å². The van der Waals surface area contributed by atoms with Gasteiger partial charge in [-0.3, -0.25) is 19.2 Å². The summed E-state index contributed by atoms with van der Waals surface area (Å²) in [6.45, 7) is 10.5. The molecule has 15 atom stereocenters. The van der Waals surface area contributed by atoms with E-state index < -0.39 is 96.0 Å². The maximum Gasteiger partial charge on any atom is 0.220 e. The molecule has 122 heavy (non-hydrogen) atoms. The van der Waals surface area contributed by atoms with Crippen molar-refractivity contribution in [3.63, 3.8) is 0 Å². The number of carbonyl (C=O) groups is 4. The fraction of sp³-hybridized carbons (Fsp3) is 0.800. The molecule has 10 rings (SSSR count). The summed E-state index contributed by atoms with van der Waals surface area (Å²) in [7, 11) is 3.33. The molecule has 0 unspecified atom stereocenters. The summed E-state index contributed by atoms with van der Waals surface area (Å²) in [5.41, 5.74) is -3.52. The number of rotatable bonds is 66. The Balaban J connectivity index is 0.640. The van der Waals surface area contributed by atoms with Crippen LogP contribution >= 0.6 is 21.6 Å². The van der Waals surface area contributed by atoms with E-state index in [0.717, 1.165) is 23.6 Å². The summed E-state index contributed by atoms with van der Waals surface area (Å²) in [6.07, 6.45) is -1.11. The van der Waals surface area contributed by atoms with Gasteiger partial charge in [0.15, 0.2) is 18.9 Å². The van der Waals surface area contributed by atoms with Crippen LogP contribution in [0.25, 0.3) is 0 Å². The third-order valence-electron chi connectivity index (χ3n) is 20.0. The van der Waals surface area contributed by atoms with Crippen molar-refractivity contribution < 1.29 is 149 Å². The van der Waals surface area contributed by atoms with Crippen LogP contribution in [0, 0.1) is 0 Å². The molecule has 4 aromatic heterocycles. The minimum absolute atomic E-state index is 0.0110. The van der Waals surface area contributed by atoms with Gasteiger partial charge in [-0.15, -0.1) is 15.3 Å². The lowest BCUT2D eigenvalue weighted by Crippen LogP contribution is -2.66. The molecule has 10 N–H and O–H groups in total. The monoisotopic (exact) mass is 1780 g/mol. The van der Waals surface area contributed by atoms with Crippen molar-refractivity contribution in [3.05, 3.63) is 60.1 Å². The molecule has 6 aliphatic rings. The zero-order valence-corrected chi connectivity index (χ0v) is 70.8. The summed E-state index contributed by atoms with van der Waals surface area (Å²) < 4.78 is 127. The number of aliphatic hydroxyl groups is 6. The number of aliphatic hydroxyl groups excluding tert-OH is 6. The SMILES string of the molecule is CC(=O)N[C@H]1[C@H]2OC[C@@](COCCOCCOCCOCCn3cc(COCC(COCc4cn(CCOCCOCCOCCOC[C@]56CO[C@@H](O5)[C@H](NC(C)=O)[C@@H](O)[C@H]6O)nn4)(COCc4cn(CCOCCOCCOCCOC[C@@]56CO[C@@H](O5)[C@H](NC(C)=O)[C@@H](O)[C@H]6O)nn4)NC(=O)CCCCCSSc4ccccn4)nn3)(O2)[C@H](O)[C@@H]1O. The third-order valence-corrected chi connectivity index (χ3v) is 22.3. The molecule has 0 saturated carbocycles. The van der Waals surface area contributed by atoms with Crippen LogP contribution in [0.15, 0.2) is 48.0 Å². The highest BCUT2D eigenvalue weighted by molar-refractivity contribution is 8.76. The van der Waals surface area contributed by atoms with E-state index >= 15 is 0 Å². The van der Waals surface area contributed by atoms with Crippen LogP contribution in [0.1, 0.15) is 63.5 Å². The first-order valence-electron chi connectivity index (χ1n) is 40.9. The molecule has 688 valence electrons. The van der Waals surface area contributed by atoms with Crippen LogP contribution in [0.3, 0.4) is 0 Å². The van der Waals surface area contributed by atoms with Gasteiger partial charge in [0.2, 0.25) is 23.6 Å². The van der Waals surface area contributed by atoms with Crippen molar-refractivity contribution >= 4 is 45.2 Å². The van der Waals surface area contributed by atoms with Gasteiger partial charge >= 0.3 is 0 Å². The number of ether oxygens (including phenoxy) is 21. The highest BCUT2D eigenvalue weighted by Gasteiger charge is 2.62. The molecule has 4 aromatic rings. The number of aromatic nitrogens is 10. The Bertz CT molecular complexity index is 3350. The Kier molecular flexibility index (Phi) is 42.2. The van der Waals surface area contributed by atoms with E-state index in [1.165, 1.54) is 20.8 Å². The molecule has 6 aliphatic heterocycles. The van der Waals surface area contributed by atoms with Crippen LogP contribution in [0.2, 0.25) is 0 Å². The number of carbonyl (C=O) groups excluding carboxylic acids is 4. The summed E-state index contributed by atoms with van der Waals surface area (Å²) in [6, 6.07) is 3.08. The van der Waals surface area contributed by atoms with Crippen molar-refractivity contribution in [2.75, 3.05) is 204 Å². The second-order valence-corrected chi connectivity index (χ2v) is 32.3. The van der Waals surface area contributed by atoms with Gasteiger partial charge in [0, 0.05) is 39.1 Å². The number of pyridine rings is 1. The van der Waals surface area contributed by atoms with E-state index in [2.05, 4.69) is 57.2 Å². The zero-order valence-electron chi connectivity index (χ0n) is 69.1. The van der Waals surface area contributed by atoms with Crippen LogP contribution in [-0.4, -0.2) is 404 Å². The summed E-state index contributed by atoms with van der Waals surface area (Å²) in [5.74, 6) is -0.526. The first kappa shape index (κ1) is 98.3. The molecule has 10 heterocycles. The number of hydrogen-bond acceptors (Lipinski definition) is 40. The van der Waals surface area contributed by atoms with Crippen LogP contribution in [-0.2, 0) is 158 Å². The lowest BCUT2D eigenvalue weighted by atomic mass is 9.88. The zero-order chi connectivity index (χ0) is 86.3. The molecule has 0 aliphatic carbocycles. The topological polar surface area (TPSA) is 537 Å². The molecule has 0 spiro atoms. The molecular weight excluding hydrogens is 1660 g/mol. The van der Waals surface area contributed by atoms with Gasteiger partial charge in [0.25, 0.3) is 0 Å². The molecule has 0 aromatic carbocycles. The fourth-order valence-corrected chi connectivity index (χ4v) is 15.7. The van der Waals surface area contributed by atoms with E-state index in [4.69, 9.17) is 99.5 Å². The van der Waals surface area contributed by atoms with Gasteiger partial charge in [0.1, 0.15) is 99.2 Å². The molecule has 6 bridgehead atoms. The predicted octanol–water partition coefficient (Wildman–Crippen LogP) is -4.08. The highest BCUT2D eigenvalue weighted by atomic mass is 33.1. The minimum atomic E-state index is -1.34. The Morgan fingerprint density at radius 2 is 0.770 bits per heavy atom. The van der Waals surface area contributed by atoms with E-state index in [0.29, 0.717) is 142 Å². The molecular formula is C75H120N14O31S2. The van der Waals surface area contributed by atoms with Crippen molar-refractivity contribution in [1.82, 2.24) is 71.2 Å². The van der Waals surface area contributed by atoms with E-state index in [1.807, 2.05) is 18.2 Å². The second kappa shape index (κ2) is 52.4. The van der Waals surface area contributed by atoms with Crippen molar-refractivity contribution in [1.29, 1.82) is 0 Å². The molecule has 4 amide bonds. The summed E-state index contributed by atoms with van der Waals surface area (Å²) >= 11 is 0. The smallest absolute Gasteiger partial charge is 0.220 e. The fourth-order valence-electron chi connectivity index (χ4n) is 13.7. The number of hydrogen-bond donors (Lipinski definition) is 10. The maximum atomic E-state index is 14.2. The van der Waals surface area contributed by atoms with Crippen molar-refractivity contribution in [2.24, 2.45) is 0 Å². The highest BCUT2D eigenvalue weighted by Crippen LogP contribution is 2.40. The summed E-state index contributed by atoms with van der Waals surface area (Å²) in [5, 5.41) is 102. The van der Waals surface area contributed by atoms with Gasteiger partial charge in [-0.2, -0.15) is 0 Å². The molecule has 47 heteroatoms.